The van der Waals surface area contributed by atoms with Gasteiger partial charge in [0, 0.05) is 12.0 Å². The van der Waals surface area contributed by atoms with E-state index in [1.165, 1.54) is 0 Å². The van der Waals surface area contributed by atoms with E-state index in [1.807, 2.05) is 6.92 Å². The van der Waals surface area contributed by atoms with Crippen molar-refractivity contribution in [2.24, 2.45) is 17.3 Å². The van der Waals surface area contributed by atoms with Crippen LogP contribution in [0.4, 0.5) is 0 Å². The minimum atomic E-state index is -0.672. The second kappa shape index (κ2) is 6.57. The zero-order valence-corrected chi connectivity index (χ0v) is 12.3. The summed E-state index contributed by atoms with van der Waals surface area (Å²) < 4.78 is 0. The number of aliphatic carboxylic acids is 1. The van der Waals surface area contributed by atoms with Crippen molar-refractivity contribution in [1.82, 2.24) is 10.6 Å². The van der Waals surface area contributed by atoms with Crippen molar-refractivity contribution in [3.63, 3.8) is 0 Å². The Morgan fingerprint density at radius 3 is 2.35 bits per heavy atom. The first-order valence-electron chi connectivity index (χ1n) is 7.73. The van der Waals surface area contributed by atoms with E-state index >= 15 is 0 Å². The lowest BCUT2D eigenvalue weighted by Crippen LogP contribution is -2.47. The summed E-state index contributed by atoms with van der Waals surface area (Å²) in [5, 5.41) is 15.3. The van der Waals surface area contributed by atoms with Crippen LogP contribution in [0.3, 0.4) is 0 Å². The lowest BCUT2D eigenvalue weighted by molar-refractivity contribution is -0.143. The van der Waals surface area contributed by atoms with Gasteiger partial charge in [0.05, 0.1) is 5.92 Å². The Morgan fingerprint density at radius 1 is 1.20 bits per heavy atom. The van der Waals surface area contributed by atoms with Crippen molar-refractivity contribution >= 4 is 11.9 Å². The molecule has 114 valence electrons. The highest BCUT2D eigenvalue weighted by Crippen LogP contribution is 2.30. The fraction of sp³-hybridized carbons (Fsp3) is 0.867. The van der Waals surface area contributed by atoms with E-state index in [4.69, 9.17) is 5.11 Å². The molecule has 1 heterocycles. The van der Waals surface area contributed by atoms with E-state index in [0.29, 0.717) is 12.5 Å². The zero-order valence-electron chi connectivity index (χ0n) is 12.3. The number of piperidine rings is 1. The largest absolute Gasteiger partial charge is 0.481 e. The minimum Gasteiger partial charge on any atom is -0.481 e. The number of carboxylic acids is 1. The minimum absolute atomic E-state index is 0.166. The molecule has 2 aliphatic rings. The Labute approximate surface area is 120 Å². The van der Waals surface area contributed by atoms with E-state index in [9.17, 15) is 9.59 Å². The van der Waals surface area contributed by atoms with Crippen LogP contribution in [-0.4, -0.2) is 36.6 Å². The molecule has 2 fully saturated rings. The topological polar surface area (TPSA) is 78.4 Å². The Bertz CT molecular complexity index is 356. The highest BCUT2D eigenvalue weighted by atomic mass is 16.4. The number of rotatable bonds is 4. The van der Waals surface area contributed by atoms with Crippen LogP contribution in [0.15, 0.2) is 0 Å². The summed E-state index contributed by atoms with van der Waals surface area (Å²) in [7, 11) is 0. The second-order valence-corrected chi connectivity index (χ2v) is 6.58. The Balaban J connectivity index is 1.73. The summed E-state index contributed by atoms with van der Waals surface area (Å²) in [6, 6.07) is 0. The molecule has 0 radical (unpaired) electrons. The molecule has 0 aromatic carbocycles. The van der Waals surface area contributed by atoms with Gasteiger partial charge < -0.3 is 15.7 Å². The van der Waals surface area contributed by atoms with Crippen LogP contribution >= 0.6 is 0 Å². The summed E-state index contributed by atoms with van der Waals surface area (Å²) in [5.74, 6) is -0.238. The van der Waals surface area contributed by atoms with Gasteiger partial charge in [-0.2, -0.15) is 0 Å². The van der Waals surface area contributed by atoms with Gasteiger partial charge in [0.15, 0.2) is 0 Å². The molecule has 0 unspecified atom stereocenters. The summed E-state index contributed by atoms with van der Waals surface area (Å²) >= 11 is 0. The molecular weight excluding hydrogens is 256 g/mol. The first-order valence-corrected chi connectivity index (χ1v) is 7.73. The smallest absolute Gasteiger partial charge is 0.306 e. The molecule has 0 aromatic heterocycles. The number of nitrogens with one attached hydrogen (secondary N) is 2. The molecule has 0 bridgehead atoms. The Hall–Kier alpha value is -1.10. The lowest BCUT2D eigenvalue weighted by Gasteiger charge is -2.33. The molecule has 20 heavy (non-hydrogen) atoms. The number of carboxylic acid groups (broad SMARTS) is 1. The first kappa shape index (κ1) is 15.3. The Morgan fingerprint density at radius 2 is 1.80 bits per heavy atom. The number of amides is 1. The van der Waals surface area contributed by atoms with Gasteiger partial charge in [-0.3, -0.25) is 9.59 Å². The van der Waals surface area contributed by atoms with Gasteiger partial charge in [-0.1, -0.05) is 6.92 Å². The van der Waals surface area contributed by atoms with Gasteiger partial charge in [0.2, 0.25) is 5.91 Å². The molecule has 2 rings (SSSR count). The monoisotopic (exact) mass is 282 g/mol. The van der Waals surface area contributed by atoms with Crippen molar-refractivity contribution in [1.29, 1.82) is 0 Å². The normalized spacial score (nSPS) is 29.6. The molecule has 1 aliphatic heterocycles. The summed E-state index contributed by atoms with van der Waals surface area (Å²) in [6.45, 7) is 4.57. The van der Waals surface area contributed by atoms with E-state index in [2.05, 4.69) is 10.6 Å². The average Bonchev–Trinajstić information content (AvgIpc) is 2.46. The van der Waals surface area contributed by atoms with Gasteiger partial charge in [-0.25, -0.2) is 0 Å². The van der Waals surface area contributed by atoms with Crippen LogP contribution in [0.2, 0.25) is 0 Å². The SMILES string of the molecule is CC1(C(=O)NCC2CCC(C(=O)O)CC2)CCNCC1. The molecule has 0 aromatic rings. The summed E-state index contributed by atoms with van der Waals surface area (Å²) in [5.41, 5.74) is -0.233. The number of hydrogen-bond donors (Lipinski definition) is 3. The molecular formula is C15H26N2O3. The van der Waals surface area contributed by atoms with Gasteiger partial charge >= 0.3 is 5.97 Å². The van der Waals surface area contributed by atoms with Crippen LogP contribution in [0.5, 0.6) is 0 Å². The lowest BCUT2D eigenvalue weighted by atomic mass is 9.79. The number of carbonyl (C=O) groups is 2. The Kier molecular flexibility index (Phi) is 5.02. The van der Waals surface area contributed by atoms with Crippen LogP contribution in [0, 0.1) is 17.3 Å². The number of hydrogen-bond acceptors (Lipinski definition) is 3. The van der Waals surface area contributed by atoms with Gasteiger partial charge in [-0.15, -0.1) is 0 Å². The average molecular weight is 282 g/mol. The van der Waals surface area contributed by atoms with E-state index in [-0.39, 0.29) is 17.2 Å². The van der Waals surface area contributed by atoms with Crippen molar-refractivity contribution in [3.05, 3.63) is 0 Å². The molecule has 0 spiro atoms. The second-order valence-electron chi connectivity index (χ2n) is 6.58. The highest BCUT2D eigenvalue weighted by Gasteiger charge is 2.35. The third-order valence-electron chi connectivity index (χ3n) is 5.00. The van der Waals surface area contributed by atoms with Gasteiger partial charge in [0.25, 0.3) is 0 Å². The van der Waals surface area contributed by atoms with Crippen LogP contribution in [-0.2, 0) is 9.59 Å². The van der Waals surface area contributed by atoms with E-state index in [0.717, 1.165) is 51.6 Å². The third-order valence-corrected chi connectivity index (χ3v) is 5.00. The van der Waals surface area contributed by atoms with Crippen LogP contribution < -0.4 is 10.6 Å². The molecule has 5 heteroatoms. The molecule has 1 saturated heterocycles. The van der Waals surface area contributed by atoms with Gasteiger partial charge in [0.1, 0.15) is 0 Å². The maximum absolute atomic E-state index is 12.3. The predicted molar refractivity (Wildman–Crippen MR) is 76.3 cm³/mol. The van der Waals surface area contributed by atoms with Crippen molar-refractivity contribution in [2.45, 2.75) is 45.4 Å². The molecule has 1 saturated carbocycles. The molecule has 3 N–H and O–H groups in total. The predicted octanol–water partition coefficient (Wildman–Crippen LogP) is 1.38. The summed E-state index contributed by atoms with van der Waals surface area (Å²) in [4.78, 5) is 23.2. The van der Waals surface area contributed by atoms with Crippen LogP contribution in [0.25, 0.3) is 0 Å². The van der Waals surface area contributed by atoms with Crippen molar-refractivity contribution in [3.8, 4) is 0 Å². The third kappa shape index (κ3) is 3.72. The summed E-state index contributed by atoms with van der Waals surface area (Å²) in [6.07, 6.45) is 5.11. The highest BCUT2D eigenvalue weighted by molar-refractivity contribution is 5.82. The molecule has 1 amide bonds. The maximum atomic E-state index is 12.3. The standard InChI is InChI=1S/C15H26N2O3/c1-15(6-8-16-9-7-15)14(20)17-10-11-2-4-12(5-3-11)13(18)19/h11-12,16H,2-10H2,1H3,(H,17,20)(H,18,19). The molecule has 1 aliphatic carbocycles. The fourth-order valence-electron chi connectivity index (χ4n) is 3.27. The van der Waals surface area contributed by atoms with Gasteiger partial charge in [-0.05, 0) is 57.5 Å². The molecule has 0 atom stereocenters. The zero-order chi connectivity index (χ0) is 14.6. The quantitative estimate of drug-likeness (QED) is 0.728. The number of carbonyl (C=O) groups excluding carboxylic acids is 1. The maximum Gasteiger partial charge on any atom is 0.306 e. The van der Waals surface area contributed by atoms with E-state index in [1.54, 1.807) is 0 Å². The van der Waals surface area contributed by atoms with E-state index < -0.39 is 5.97 Å². The first-order chi connectivity index (χ1) is 9.51. The van der Waals surface area contributed by atoms with Crippen molar-refractivity contribution in [2.75, 3.05) is 19.6 Å². The molecule has 5 nitrogen and oxygen atoms in total. The fourth-order valence-corrected chi connectivity index (χ4v) is 3.27. The van der Waals surface area contributed by atoms with Crippen LogP contribution in [0.1, 0.15) is 45.4 Å². The van der Waals surface area contributed by atoms with Crippen molar-refractivity contribution < 1.29 is 14.7 Å².